The van der Waals surface area contributed by atoms with E-state index in [1.807, 2.05) is 19.9 Å². The van der Waals surface area contributed by atoms with Crippen molar-refractivity contribution in [3.8, 4) is 0 Å². The van der Waals surface area contributed by atoms with Gasteiger partial charge in [-0.1, -0.05) is 20.3 Å². The SMILES string of the molecule is CC(C)CN(CC(=O)O)C(=O)c1cc2c(s1)CCCCC2. The summed E-state index contributed by atoms with van der Waals surface area (Å²) in [5.74, 6) is -0.836. The summed E-state index contributed by atoms with van der Waals surface area (Å²) in [6.07, 6.45) is 5.72. The average molecular weight is 309 g/mol. The number of rotatable bonds is 5. The van der Waals surface area contributed by atoms with E-state index in [4.69, 9.17) is 5.11 Å². The van der Waals surface area contributed by atoms with Gasteiger partial charge in [0.1, 0.15) is 6.54 Å². The molecule has 0 radical (unpaired) electrons. The number of hydrogen-bond donors (Lipinski definition) is 1. The highest BCUT2D eigenvalue weighted by molar-refractivity contribution is 7.14. The number of carbonyl (C=O) groups excluding carboxylic acids is 1. The molecule has 0 spiro atoms. The minimum Gasteiger partial charge on any atom is -0.480 e. The molecule has 4 nitrogen and oxygen atoms in total. The molecule has 1 aromatic rings. The Kier molecular flexibility index (Phi) is 5.39. The van der Waals surface area contributed by atoms with E-state index in [0.717, 1.165) is 12.8 Å². The van der Waals surface area contributed by atoms with Crippen LogP contribution < -0.4 is 0 Å². The molecule has 0 fully saturated rings. The van der Waals surface area contributed by atoms with Crippen LogP contribution in [0.3, 0.4) is 0 Å². The van der Waals surface area contributed by atoms with Crippen molar-refractivity contribution in [2.24, 2.45) is 5.92 Å². The Hall–Kier alpha value is -1.36. The van der Waals surface area contributed by atoms with Crippen LogP contribution in [-0.2, 0) is 17.6 Å². The van der Waals surface area contributed by atoms with Gasteiger partial charge in [0, 0.05) is 11.4 Å². The summed E-state index contributed by atoms with van der Waals surface area (Å²) in [5.41, 5.74) is 1.29. The van der Waals surface area contributed by atoms with Gasteiger partial charge in [0.25, 0.3) is 5.91 Å². The molecular weight excluding hydrogens is 286 g/mol. The first-order chi connectivity index (χ1) is 9.97. The predicted molar refractivity (Wildman–Crippen MR) is 84.0 cm³/mol. The number of nitrogens with zero attached hydrogens (tertiary/aromatic N) is 1. The van der Waals surface area contributed by atoms with Crippen LogP contribution in [0.4, 0.5) is 0 Å². The number of amides is 1. The van der Waals surface area contributed by atoms with Crippen LogP contribution in [0.15, 0.2) is 6.07 Å². The zero-order valence-corrected chi connectivity index (χ0v) is 13.5. The molecule has 1 aliphatic rings. The van der Waals surface area contributed by atoms with Gasteiger partial charge < -0.3 is 10.0 Å². The van der Waals surface area contributed by atoms with E-state index < -0.39 is 5.97 Å². The summed E-state index contributed by atoms with van der Waals surface area (Å²) in [6.45, 7) is 4.24. The first-order valence-electron chi connectivity index (χ1n) is 7.60. The molecule has 1 aliphatic carbocycles. The maximum atomic E-state index is 12.6. The van der Waals surface area contributed by atoms with E-state index in [1.54, 1.807) is 11.3 Å². The van der Waals surface area contributed by atoms with Crippen molar-refractivity contribution in [3.05, 3.63) is 21.4 Å². The van der Waals surface area contributed by atoms with Gasteiger partial charge in [0.05, 0.1) is 4.88 Å². The highest BCUT2D eigenvalue weighted by Crippen LogP contribution is 2.29. The summed E-state index contributed by atoms with van der Waals surface area (Å²) in [4.78, 5) is 27.0. The molecule has 1 amide bonds. The maximum Gasteiger partial charge on any atom is 0.323 e. The molecule has 1 aromatic heterocycles. The third kappa shape index (κ3) is 4.30. The van der Waals surface area contributed by atoms with E-state index in [9.17, 15) is 9.59 Å². The molecule has 0 saturated carbocycles. The number of thiophene rings is 1. The zero-order valence-electron chi connectivity index (χ0n) is 12.7. The fourth-order valence-corrected chi connectivity index (χ4v) is 3.97. The van der Waals surface area contributed by atoms with Gasteiger partial charge in [0.2, 0.25) is 0 Å². The number of hydrogen-bond acceptors (Lipinski definition) is 3. The van der Waals surface area contributed by atoms with Crippen molar-refractivity contribution in [1.29, 1.82) is 0 Å². The van der Waals surface area contributed by atoms with Gasteiger partial charge in [-0.05, 0) is 43.2 Å². The van der Waals surface area contributed by atoms with Gasteiger partial charge in [-0.3, -0.25) is 9.59 Å². The zero-order chi connectivity index (χ0) is 15.4. The standard InChI is InChI=1S/C16H23NO3S/c1-11(2)9-17(10-15(18)19)16(20)14-8-12-6-4-3-5-7-13(12)21-14/h8,11H,3-7,9-10H2,1-2H3,(H,18,19). The third-order valence-electron chi connectivity index (χ3n) is 3.66. The molecule has 2 rings (SSSR count). The van der Waals surface area contributed by atoms with Gasteiger partial charge in [-0.2, -0.15) is 0 Å². The van der Waals surface area contributed by atoms with Crippen LogP contribution >= 0.6 is 11.3 Å². The molecule has 0 bridgehead atoms. The Morgan fingerprint density at radius 3 is 2.67 bits per heavy atom. The lowest BCUT2D eigenvalue weighted by atomic mass is 10.1. The van der Waals surface area contributed by atoms with Gasteiger partial charge in [0.15, 0.2) is 0 Å². The van der Waals surface area contributed by atoms with Crippen molar-refractivity contribution < 1.29 is 14.7 Å². The quantitative estimate of drug-likeness (QED) is 0.850. The number of carboxylic acid groups (broad SMARTS) is 1. The lowest BCUT2D eigenvalue weighted by molar-refractivity contribution is -0.137. The van der Waals surface area contributed by atoms with E-state index in [0.29, 0.717) is 11.4 Å². The predicted octanol–water partition coefficient (Wildman–Crippen LogP) is 3.20. The highest BCUT2D eigenvalue weighted by atomic mass is 32.1. The fourth-order valence-electron chi connectivity index (χ4n) is 2.75. The molecule has 0 aromatic carbocycles. The van der Waals surface area contributed by atoms with Crippen molar-refractivity contribution in [1.82, 2.24) is 4.90 Å². The molecule has 0 unspecified atom stereocenters. The van der Waals surface area contributed by atoms with Gasteiger partial charge >= 0.3 is 5.97 Å². The van der Waals surface area contributed by atoms with E-state index >= 15 is 0 Å². The minimum absolute atomic E-state index is 0.135. The van der Waals surface area contributed by atoms with Crippen molar-refractivity contribution in [2.45, 2.75) is 46.0 Å². The summed E-state index contributed by atoms with van der Waals surface area (Å²) in [7, 11) is 0. The number of fused-ring (bicyclic) bond motifs is 1. The van der Waals surface area contributed by atoms with Crippen LogP contribution in [0, 0.1) is 5.92 Å². The molecule has 21 heavy (non-hydrogen) atoms. The second-order valence-corrected chi connectivity index (χ2v) is 7.23. The number of carbonyl (C=O) groups is 2. The van der Waals surface area contributed by atoms with E-state index in [-0.39, 0.29) is 18.4 Å². The summed E-state index contributed by atoms with van der Waals surface area (Å²) in [5, 5.41) is 9.00. The molecule has 1 N–H and O–H groups in total. The average Bonchev–Trinajstić information content (AvgIpc) is 2.67. The van der Waals surface area contributed by atoms with Crippen LogP contribution in [0.5, 0.6) is 0 Å². The lowest BCUT2D eigenvalue weighted by Gasteiger charge is -2.22. The van der Waals surface area contributed by atoms with Crippen LogP contribution in [0.25, 0.3) is 0 Å². The second-order valence-electron chi connectivity index (χ2n) is 6.09. The fraction of sp³-hybridized carbons (Fsp3) is 0.625. The topological polar surface area (TPSA) is 57.6 Å². The van der Waals surface area contributed by atoms with Crippen molar-refractivity contribution >= 4 is 23.2 Å². The van der Waals surface area contributed by atoms with E-state index in [1.165, 1.54) is 34.6 Å². The van der Waals surface area contributed by atoms with Crippen LogP contribution in [-0.4, -0.2) is 35.0 Å². The Balaban J connectivity index is 2.17. The minimum atomic E-state index is -0.956. The molecule has 116 valence electrons. The van der Waals surface area contributed by atoms with E-state index in [2.05, 4.69) is 0 Å². The van der Waals surface area contributed by atoms with Crippen molar-refractivity contribution in [3.63, 3.8) is 0 Å². The maximum absolute atomic E-state index is 12.6. The number of aryl methyl sites for hydroxylation is 2. The first-order valence-corrected chi connectivity index (χ1v) is 8.41. The Morgan fingerprint density at radius 1 is 1.29 bits per heavy atom. The molecule has 5 heteroatoms. The van der Waals surface area contributed by atoms with Crippen LogP contribution in [0.2, 0.25) is 0 Å². The third-order valence-corrected chi connectivity index (χ3v) is 4.88. The summed E-state index contributed by atoms with van der Waals surface area (Å²) < 4.78 is 0. The monoisotopic (exact) mass is 309 g/mol. The Bertz CT molecular complexity index is 498. The largest absolute Gasteiger partial charge is 0.480 e. The molecule has 1 heterocycles. The molecule has 0 aliphatic heterocycles. The van der Waals surface area contributed by atoms with Gasteiger partial charge in [-0.25, -0.2) is 0 Å². The summed E-state index contributed by atoms with van der Waals surface area (Å²) >= 11 is 1.56. The van der Waals surface area contributed by atoms with Crippen LogP contribution in [0.1, 0.15) is 53.2 Å². The highest BCUT2D eigenvalue weighted by Gasteiger charge is 2.23. The number of aliphatic carboxylic acids is 1. The number of carboxylic acids is 1. The first kappa shape index (κ1) is 16.0. The second kappa shape index (κ2) is 7.07. The normalized spacial score (nSPS) is 14.6. The smallest absolute Gasteiger partial charge is 0.323 e. The lowest BCUT2D eigenvalue weighted by Crippen LogP contribution is -2.37. The molecule has 0 atom stereocenters. The summed E-state index contributed by atoms with van der Waals surface area (Å²) in [6, 6.07) is 1.99. The van der Waals surface area contributed by atoms with Crippen molar-refractivity contribution in [2.75, 3.05) is 13.1 Å². The van der Waals surface area contributed by atoms with Gasteiger partial charge in [-0.15, -0.1) is 11.3 Å². The Labute approximate surface area is 129 Å². The molecule has 0 saturated heterocycles. The molecular formula is C16H23NO3S. The Morgan fingerprint density at radius 2 is 2.00 bits per heavy atom.